The van der Waals surface area contributed by atoms with Crippen LogP contribution in [0.2, 0.25) is 0 Å². The Hall–Kier alpha value is -1.60. The van der Waals surface area contributed by atoms with Crippen LogP contribution in [0, 0.1) is 0 Å². The van der Waals surface area contributed by atoms with Gasteiger partial charge < -0.3 is 15.5 Å². The molecule has 7 heteroatoms. The molecule has 66 valence electrons. The first-order valence-corrected chi connectivity index (χ1v) is 3.07. The van der Waals surface area contributed by atoms with Crippen molar-refractivity contribution in [2.45, 2.75) is 6.35 Å². The van der Waals surface area contributed by atoms with Gasteiger partial charge in [-0.3, -0.25) is 0 Å². The van der Waals surface area contributed by atoms with Crippen molar-refractivity contribution in [3.63, 3.8) is 0 Å². The lowest BCUT2D eigenvalue weighted by atomic mass is 10.5. The molecule has 0 aromatic carbocycles. The molecule has 12 heavy (non-hydrogen) atoms. The summed E-state index contributed by atoms with van der Waals surface area (Å²) in [5.41, 5.74) is 0. The van der Waals surface area contributed by atoms with Crippen LogP contribution in [0.3, 0.4) is 0 Å². The number of nitrogens with two attached hydrogens (primary N) is 1. The van der Waals surface area contributed by atoms with E-state index in [9.17, 15) is 4.79 Å². The van der Waals surface area contributed by atoms with Crippen molar-refractivity contribution in [3.05, 3.63) is 11.9 Å². The standard InChI is InChI=1S/C5H8N4O3/c6-9(5(11)12)3-1-2-7-4(10)8-3/h1-2,4,8,10H,6H2,(H,11,12). The second-order valence-electron chi connectivity index (χ2n) is 2.02. The van der Waals surface area contributed by atoms with E-state index >= 15 is 0 Å². The molecule has 1 rings (SSSR count). The Bertz CT molecular complexity index is 249. The normalized spacial score (nSPS) is 21.2. The van der Waals surface area contributed by atoms with Crippen LogP contribution in [0.5, 0.6) is 0 Å². The molecule has 0 aromatic rings. The van der Waals surface area contributed by atoms with Gasteiger partial charge in [-0.1, -0.05) is 0 Å². The highest BCUT2D eigenvalue weighted by molar-refractivity contribution is 5.75. The van der Waals surface area contributed by atoms with E-state index in [1.807, 2.05) is 0 Å². The van der Waals surface area contributed by atoms with Crippen molar-refractivity contribution >= 4 is 12.3 Å². The molecule has 0 fully saturated rings. The van der Waals surface area contributed by atoms with Crippen LogP contribution in [0.15, 0.2) is 16.9 Å². The summed E-state index contributed by atoms with van der Waals surface area (Å²) in [6.45, 7) is 0. The lowest BCUT2D eigenvalue weighted by Crippen LogP contribution is -2.45. The lowest BCUT2D eigenvalue weighted by Gasteiger charge is -2.21. The SMILES string of the molecule is NN(C(=O)O)C1=CC=NC(O)N1. The third kappa shape index (κ3) is 1.71. The average Bonchev–Trinajstić information content (AvgIpc) is 2.03. The number of allylic oxidation sites excluding steroid dienone is 1. The minimum absolute atomic E-state index is 0.0741. The third-order valence-electron chi connectivity index (χ3n) is 1.20. The maximum absolute atomic E-state index is 10.3. The Morgan fingerprint density at radius 2 is 2.50 bits per heavy atom. The van der Waals surface area contributed by atoms with Gasteiger partial charge in [-0.05, 0) is 6.08 Å². The minimum Gasteiger partial charge on any atom is -0.464 e. The lowest BCUT2D eigenvalue weighted by molar-refractivity contribution is 0.126. The van der Waals surface area contributed by atoms with Gasteiger partial charge in [0.1, 0.15) is 5.82 Å². The average molecular weight is 172 g/mol. The first kappa shape index (κ1) is 8.50. The number of nitrogens with one attached hydrogen (secondary N) is 1. The van der Waals surface area contributed by atoms with Crippen molar-refractivity contribution in [2.75, 3.05) is 0 Å². The Kier molecular flexibility index (Phi) is 2.26. The smallest absolute Gasteiger partial charge is 0.427 e. The maximum Gasteiger partial charge on any atom is 0.427 e. The number of hydrazine groups is 1. The summed E-state index contributed by atoms with van der Waals surface area (Å²) in [7, 11) is 0. The molecule has 0 bridgehead atoms. The van der Waals surface area contributed by atoms with Crippen molar-refractivity contribution in [1.29, 1.82) is 0 Å². The van der Waals surface area contributed by atoms with Crippen LogP contribution in [0.4, 0.5) is 4.79 Å². The molecule has 5 N–H and O–H groups in total. The number of rotatable bonds is 1. The van der Waals surface area contributed by atoms with E-state index in [1.54, 1.807) is 0 Å². The molecule has 0 radical (unpaired) electrons. The van der Waals surface area contributed by atoms with Crippen LogP contribution in [-0.2, 0) is 0 Å². The van der Waals surface area contributed by atoms with Gasteiger partial charge in [0.25, 0.3) is 0 Å². The number of hydrogen-bond donors (Lipinski definition) is 4. The van der Waals surface area contributed by atoms with Crippen LogP contribution in [0.25, 0.3) is 0 Å². The van der Waals surface area contributed by atoms with Gasteiger partial charge in [0.05, 0.1) is 0 Å². The number of carboxylic acid groups (broad SMARTS) is 1. The zero-order valence-corrected chi connectivity index (χ0v) is 6.01. The van der Waals surface area contributed by atoms with Crippen LogP contribution in [0.1, 0.15) is 0 Å². The molecule has 1 heterocycles. The number of carbonyl (C=O) groups is 1. The van der Waals surface area contributed by atoms with Gasteiger partial charge in [0.2, 0.25) is 6.35 Å². The summed E-state index contributed by atoms with van der Waals surface area (Å²) in [4.78, 5) is 13.8. The number of aliphatic hydroxyl groups is 1. The van der Waals surface area contributed by atoms with Crippen LogP contribution >= 0.6 is 0 Å². The van der Waals surface area contributed by atoms with E-state index in [0.29, 0.717) is 5.01 Å². The predicted molar refractivity (Wildman–Crippen MR) is 39.8 cm³/mol. The highest BCUT2D eigenvalue weighted by Crippen LogP contribution is 1.99. The molecule has 1 aliphatic rings. The first-order chi connectivity index (χ1) is 5.61. The van der Waals surface area contributed by atoms with Crippen molar-refractivity contribution in [2.24, 2.45) is 10.8 Å². The maximum atomic E-state index is 10.3. The summed E-state index contributed by atoms with van der Waals surface area (Å²) >= 11 is 0. The molecule has 0 aliphatic carbocycles. The second kappa shape index (κ2) is 3.20. The quantitative estimate of drug-likeness (QED) is 0.221. The van der Waals surface area contributed by atoms with E-state index in [2.05, 4.69) is 10.3 Å². The minimum atomic E-state index is -1.32. The Balaban J connectivity index is 2.69. The fourth-order valence-corrected chi connectivity index (χ4v) is 0.666. The van der Waals surface area contributed by atoms with Gasteiger partial charge in [0, 0.05) is 6.21 Å². The van der Waals surface area contributed by atoms with Gasteiger partial charge in [0.15, 0.2) is 0 Å². The Morgan fingerprint density at radius 1 is 1.83 bits per heavy atom. The molecule has 0 saturated heterocycles. The molecular weight excluding hydrogens is 164 g/mol. The monoisotopic (exact) mass is 172 g/mol. The highest BCUT2D eigenvalue weighted by atomic mass is 16.4. The molecule has 0 aromatic heterocycles. The predicted octanol–water partition coefficient (Wildman–Crippen LogP) is -1.37. The van der Waals surface area contributed by atoms with E-state index in [1.165, 1.54) is 12.3 Å². The van der Waals surface area contributed by atoms with Gasteiger partial charge in [-0.15, -0.1) is 0 Å². The summed E-state index contributed by atoms with van der Waals surface area (Å²) in [6, 6.07) is 0. The fourth-order valence-electron chi connectivity index (χ4n) is 0.666. The molecule has 1 aliphatic heterocycles. The van der Waals surface area contributed by atoms with Crippen LogP contribution < -0.4 is 11.2 Å². The summed E-state index contributed by atoms with van der Waals surface area (Å²) in [6.07, 6.45) is 0.131. The second-order valence-corrected chi connectivity index (χ2v) is 2.02. The molecule has 1 atom stereocenters. The van der Waals surface area contributed by atoms with Gasteiger partial charge >= 0.3 is 6.09 Å². The molecule has 0 spiro atoms. The zero-order chi connectivity index (χ0) is 9.14. The van der Waals surface area contributed by atoms with Gasteiger partial charge in [-0.2, -0.15) is 5.01 Å². The van der Waals surface area contributed by atoms with Gasteiger partial charge in [-0.25, -0.2) is 15.6 Å². The Morgan fingerprint density at radius 3 is 3.00 bits per heavy atom. The summed E-state index contributed by atoms with van der Waals surface area (Å²) in [5, 5.41) is 20.1. The zero-order valence-electron chi connectivity index (χ0n) is 6.01. The molecule has 1 unspecified atom stereocenters. The van der Waals surface area contributed by atoms with E-state index < -0.39 is 12.4 Å². The molecule has 7 nitrogen and oxygen atoms in total. The van der Waals surface area contributed by atoms with Crippen molar-refractivity contribution < 1.29 is 15.0 Å². The van der Waals surface area contributed by atoms with E-state index in [4.69, 9.17) is 16.1 Å². The van der Waals surface area contributed by atoms with Crippen molar-refractivity contribution in [1.82, 2.24) is 10.3 Å². The van der Waals surface area contributed by atoms with Crippen LogP contribution in [-0.4, -0.2) is 33.9 Å². The third-order valence-corrected chi connectivity index (χ3v) is 1.20. The fraction of sp³-hybridized carbons (Fsp3) is 0.200. The highest BCUT2D eigenvalue weighted by Gasteiger charge is 2.16. The largest absolute Gasteiger partial charge is 0.464 e. The number of hydrogen-bond acceptors (Lipinski definition) is 5. The summed E-state index contributed by atoms with van der Waals surface area (Å²) < 4.78 is 0. The Labute approximate surface area is 67.8 Å². The summed E-state index contributed by atoms with van der Waals surface area (Å²) in [5.74, 6) is 5.16. The number of aliphatic hydroxyl groups excluding tert-OH is 1. The topological polar surface area (TPSA) is 111 Å². The number of nitrogens with zero attached hydrogens (tertiary/aromatic N) is 2. The molecule has 1 amide bonds. The van der Waals surface area contributed by atoms with E-state index in [-0.39, 0.29) is 5.82 Å². The molecular formula is C5H8N4O3. The number of amides is 1. The molecule has 0 saturated carbocycles. The number of aliphatic imine (C=N–C) groups is 1. The first-order valence-electron chi connectivity index (χ1n) is 3.07. The van der Waals surface area contributed by atoms with Crippen molar-refractivity contribution in [3.8, 4) is 0 Å². The van der Waals surface area contributed by atoms with E-state index in [0.717, 1.165) is 0 Å².